The molecule has 1 fully saturated rings. The number of nitrogens with zero attached hydrogens (tertiary/aromatic N) is 1. The number of allylic oxidation sites excluding steroid dienone is 1. The van der Waals surface area contributed by atoms with Gasteiger partial charge < -0.3 is 9.47 Å². The van der Waals surface area contributed by atoms with Crippen molar-refractivity contribution < 1.29 is 9.47 Å². The Morgan fingerprint density at radius 1 is 1.43 bits per heavy atom. The highest BCUT2D eigenvalue weighted by Gasteiger charge is 2.26. The maximum absolute atomic E-state index is 5.44. The number of rotatable bonds is 2. The van der Waals surface area contributed by atoms with E-state index >= 15 is 0 Å². The highest BCUT2D eigenvalue weighted by molar-refractivity contribution is 5.07. The molecule has 0 aromatic carbocycles. The molecule has 0 aromatic heterocycles. The second kappa shape index (κ2) is 4.80. The first kappa shape index (κ1) is 9.99. The van der Waals surface area contributed by atoms with Crippen LogP contribution in [0, 0.1) is 0 Å². The molecule has 80 valence electrons. The molecule has 2 aliphatic rings. The topological polar surface area (TPSA) is 21.7 Å². The molecular formula is C11H19NO2. The Labute approximate surface area is 85.7 Å². The molecule has 1 atom stereocenters. The lowest BCUT2D eigenvalue weighted by atomic mass is 9.99. The van der Waals surface area contributed by atoms with Crippen molar-refractivity contribution in [2.75, 3.05) is 33.4 Å². The summed E-state index contributed by atoms with van der Waals surface area (Å²) in [6, 6.07) is 0.512. The largest absolute Gasteiger partial charge is 0.500 e. The van der Waals surface area contributed by atoms with E-state index < -0.39 is 0 Å². The van der Waals surface area contributed by atoms with Crippen molar-refractivity contribution in [1.29, 1.82) is 0 Å². The van der Waals surface area contributed by atoms with Crippen LogP contribution in [0.2, 0.25) is 0 Å². The quantitative estimate of drug-likeness (QED) is 0.668. The molecular weight excluding hydrogens is 178 g/mol. The van der Waals surface area contributed by atoms with E-state index in [1.807, 2.05) is 0 Å². The van der Waals surface area contributed by atoms with E-state index in [-0.39, 0.29) is 0 Å². The minimum absolute atomic E-state index is 0.512. The molecule has 0 bridgehead atoms. The van der Waals surface area contributed by atoms with Gasteiger partial charge in [-0.05, 0) is 25.3 Å². The van der Waals surface area contributed by atoms with Crippen molar-refractivity contribution in [3.63, 3.8) is 0 Å². The highest BCUT2D eigenvalue weighted by atomic mass is 16.5. The molecule has 1 aliphatic carbocycles. The molecule has 1 heterocycles. The third-order valence-corrected chi connectivity index (χ3v) is 3.08. The molecule has 0 aromatic rings. The van der Waals surface area contributed by atoms with Gasteiger partial charge in [-0.25, -0.2) is 0 Å². The zero-order valence-corrected chi connectivity index (χ0v) is 8.87. The first-order chi connectivity index (χ1) is 6.92. The van der Waals surface area contributed by atoms with Crippen LogP contribution in [0.15, 0.2) is 11.8 Å². The number of morpholine rings is 1. The van der Waals surface area contributed by atoms with Crippen molar-refractivity contribution in [3.05, 3.63) is 11.8 Å². The van der Waals surface area contributed by atoms with Gasteiger partial charge in [0.05, 0.1) is 26.4 Å². The van der Waals surface area contributed by atoms with Gasteiger partial charge in [0.15, 0.2) is 0 Å². The second-order valence-electron chi connectivity index (χ2n) is 3.91. The first-order valence-corrected chi connectivity index (χ1v) is 5.47. The Morgan fingerprint density at radius 2 is 2.21 bits per heavy atom. The minimum atomic E-state index is 0.512. The van der Waals surface area contributed by atoms with Crippen LogP contribution < -0.4 is 0 Å². The summed E-state index contributed by atoms with van der Waals surface area (Å²) < 4.78 is 10.8. The van der Waals surface area contributed by atoms with Gasteiger partial charge >= 0.3 is 0 Å². The van der Waals surface area contributed by atoms with Gasteiger partial charge in [-0.1, -0.05) is 0 Å². The van der Waals surface area contributed by atoms with Crippen LogP contribution in [0.1, 0.15) is 19.3 Å². The third-order valence-electron chi connectivity index (χ3n) is 3.08. The van der Waals surface area contributed by atoms with Crippen molar-refractivity contribution in [2.24, 2.45) is 0 Å². The van der Waals surface area contributed by atoms with Gasteiger partial charge in [-0.15, -0.1) is 0 Å². The highest BCUT2D eigenvalue weighted by Crippen LogP contribution is 2.24. The van der Waals surface area contributed by atoms with E-state index in [1.54, 1.807) is 7.11 Å². The number of hydrogen-bond acceptors (Lipinski definition) is 3. The Kier molecular flexibility index (Phi) is 3.43. The molecule has 3 nitrogen and oxygen atoms in total. The maximum Gasteiger partial charge on any atom is 0.109 e. The summed E-state index contributed by atoms with van der Waals surface area (Å²) in [5.74, 6) is 1.16. The van der Waals surface area contributed by atoms with Crippen LogP contribution in [-0.4, -0.2) is 44.4 Å². The summed E-state index contributed by atoms with van der Waals surface area (Å²) >= 11 is 0. The molecule has 14 heavy (non-hydrogen) atoms. The Morgan fingerprint density at radius 3 is 2.93 bits per heavy atom. The van der Waals surface area contributed by atoms with Gasteiger partial charge in [0.25, 0.3) is 0 Å². The summed E-state index contributed by atoms with van der Waals surface area (Å²) in [5, 5.41) is 0. The standard InChI is InChI=1S/C11H19NO2/c1-13-11-5-3-2-4-10(11)12-6-8-14-9-7-12/h5,10H,2-4,6-9H2,1H3. The molecule has 0 spiro atoms. The summed E-state index contributed by atoms with van der Waals surface area (Å²) in [4.78, 5) is 2.48. The average Bonchev–Trinajstić information content (AvgIpc) is 2.30. The normalized spacial score (nSPS) is 29.8. The van der Waals surface area contributed by atoms with E-state index in [9.17, 15) is 0 Å². The number of ether oxygens (including phenoxy) is 2. The lowest BCUT2D eigenvalue weighted by Crippen LogP contribution is -2.45. The molecule has 1 aliphatic heterocycles. The van der Waals surface area contributed by atoms with E-state index in [4.69, 9.17) is 9.47 Å². The molecule has 0 N–H and O–H groups in total. The fourth-order valence-corrected chi connectivity index (χ4v) is 2.30. The van der Waals surface area contributed by atoms with Gasteiger partial charge in [0.2, 0.25) is 0 Å². The summed E-state index contributed by atoms with van der Waals surface area (Å²) in [6.07, 6.45) is 5.93. The SMILES string of the molecule is COC1=CCCCC1N1CCOCC1. The minimum Gasteiger partial charge on any atom is -0.500 e. The number of methoxy groups -OCH3 is 1. The predicted octanol–water partition coefficient (Wildman–Crippen LogP) is 1.40. The van der Waals surface area contributed by atoms with E-state index in [2.05, 4.69) is 11.0 Å². The molecule has 0 radical (unpaired) electrons. The van der Waals surface area contributed by atoms with Crippen molar-refractivity contribution in [3.8, 4) is 0 Å². The average molecular weight is 197 g/mol. The third kappa shape index (κ3) is 2.10. The monoisotopic (exact) mass is 197 g/mol. The van der Waals surface area contributed by atoms with Gasteiger partial charge in [-0.2, -0.15) is 0 Å². The van der Waals surface area contributed by atoms with E-state index in [0.29, 0.717) is 6.04 Å². The van der Waals surface area contributed by atoms with Crippen molar-refractivity contribution in [1.82, 2.24) is 4.90 Å². The lowest BCUT2D eigenvalue weighted by Gasteiger charge is -2.36. The van der Waals surface area contributed by atoms with Crippen molar-refractivity contribution in [2.45, 2.75) is 25.3 Å². The van der Waals surface area contributed by atoms with Crippen molar-refractivity contribution >= 4 is 0 Å². The lowest BCUT2D eigenvalue weighted by molar-refractivity contribution is 0.00940. The maximum atomic E-state index is 5.44. The Balaban J connectivity index is 1.99. The first-order valence-electron chi connectivity index (χ1n) is 5.47. The van der Waals surface area contributed by atoms with Crippen LogP contribution in [0.25, 0.3) is 0 Å². The fraction of sp³-hybridized carbons (Fsp3) is 0.818. The van der Waals surface area contributed by atoms with Gasteiger partial charge in [0, 0.05) is 13.1 Å². The van der Waals surface area contributed by atoms with Crippen LogP contribution in [-0.2, 0) is 9.47 Å². The van der Waals surface area contributed by atoms with Crippen LogP contribution in [0.3, 0.4) is 0 Å². The summed E-state index contributed by atoms with van der Waals surface area (Å²) in [5.41, 5.74) is 0. The number of hydrogen-bond donors (Lipinski definition) is 0. The fourth-order valence-electron chi connectivity index (χ4n) is 2.30. The smallest absolute Gasteiger partial charge is 0.109 e. The Hall–Kier alpha value is -0.540. The van der Waals surface area contributed by atoms with Gasteiger partial charge in [0.1, 0.15) is 5.76 Å². The van der Waals surface area contributed by atoms with Crippen LogP contribution >= 0.6 is 0 Å². The van der Waals surface area contributed by atoms with E-state index in [0.717, 1.165) is 32.1 Å². The van der Waals surface area contributed by atoms with E-state index in [1.165, 1.54) is 19.3 Å². The Bertz CT molecular complexity index is 209. The summed E-state index contributed by atoms with van der Waals surface area (Å²) in [7, 11) is 1.78. The molecule has 0 amide bonds. The zero-order valence-electron chi connectivity index (χ0n) is 8.87. The molecule has 1 saturated heterocycles. The molecule has 3 heteroatoms. The predicted molar refractivity (Wildman–Crippen MR) is 55.1 cm³/mol. The van der Waals surface area contributed by atoms with Crippen LogP contribution in [0.4, 0.5) is 0 Å². The molecule has 1 unspecified atom stereocenters. The molecule has 0 saturated carbocycles. The van der Waals surface area contributed by atoms with Crippen LogP contribution in [0.5, 0.6) is 0 Å². The van der Waals surface area contributed by atoms with Gasteiger partial charge in [-0.3, -0.25) is 4.90 Å². The second-order valence-corrected chi connectivity index (χ2v) is 3.91. The summed E-state index contributed by atoms with van der Waals surface area (Å²) in [6.45, 7) is 3.83. The zero-order chi connectivity index (χ0) is 9.80. The molecule has 2 rings (SSSR count).